The van der Waals surface area contributed by atoms with Crippen LogP contribution in [-0.4, -0.2) is 5.78 Å². The lowest BCUT2D eigenvalue weighted by Gasteiger charge is -2.37. The highest BCUT2D eigenvalue weighted by atomic mass is 16.1. The van der Waals surface area contributed by atoms with Gasteiger partial charge in [-0.1, -0.05) is 31.2 Å². The van der Waals surface area contributed by atoms with E-state index in [4.69, 9.17) is 0 Å². The topological polar surface area (TPSA) is 17.1 Å². The lowest BCUT2D eigenvalue weighted by Crippen LogP contribution is -2.36. The summed E-state index contributed by atoms with van der Waals surface area (Å²) in [6.45, 7) is 2.32. The van der Waals surface area contributed by atoms with E-state index in [1.165, 1.54) is 17.5 Å². The lowest BCUT2D eigenvalue weighted by molar-refractivity contribution is -0.122. The maximum absolute atomic E-state index is 11.8. The summed E-state index contributed by atoms with van der Waals surface area (Å²) < 4.78 is 0. The third kappa shape index (κ3) is 1.27. The van der Waals surface area contributed by atoms with Gasteiger partial charge >= 0.3 is 0 Å². The molecule has 2 atom stereocenters. The second kappa shape index (κ2) is 3.44. The molecule has 1 nitrogen and oxygen atoms in total. The molecular weight excluding hydrogens is 196 g/mol. The van der Waals surface area contributed by atoms with Crippen LogP contribution in [-0.2, 0) is 16.6 Å². The predicted molar refractivity (Wildman–Crippen MR) is 64.5 cm³/mol. The molecule has 2 unspecified atom stereocenters. The van der Waals surface area contributed by atoms with E-state index in [9.17, 15) is 4.79 Å². The van der Waals surface area contributed by atoms with Crippen LogP contribution >= 0.6 is 0 Å². The van der Waals surface area contributed by atoms with E-state index in [-0.39, 0.29) is 5.41 Å². The van der Waals surface area contributed by atoms with Crippen molar-refractivity contribution < 1.29 is 4.79 Å². The molecule has 84 valence electrons. The molecule has 1 saturated carbocycles. The van der Waals surface area contributed by atoms with Crippen molar-refractivity contribution in [1.29, 1.82) is 0 Å². The van der Waals surface area contributed by atoms with E-state index in [1.54, 1.807) is 0 Å². The number of carbonyl (C=O) groups is 1. The Hall–Kier alpha value is -1.11. The minimum Gasteiger partial charge on any atom is -0.300 e. The first-order valence-electron chi connectivity index (χ1n) is 6.32. The summed E-state index contributed by atoms with van der Waals surface area (Å²) in [6.07, 6.45) is 5.03. The quantitative estimate of drug-likeness (QED) is 0.648. The van der Waals surface area contributed by atoms with Gasteiger partial charge in [-0.25, -0.2) is 0 Å². The zero-order valence-corrected chi connectivity index (χ0v) is 9.83. The lowest BCUT2D eigenvalue weighted by atomic mass is 9.65. The van der Waals surface area contributed by atoms with Crippen molar-refractivity contribution in [2.75, 3.05) is 0 Å². The highest BCUT2D eigenvalue weighted by Crippen LogP contribution is 2.50. The molecule has 0 heterocycles. The van der Waals surface area contributed by atoms with Gasteiger partial charge in [0.15, 0.2) is 0 Å². The van der Waals surface area contributed by atoms with E-state index >= 15 is 0 Å². The van der Waals surface area contributed by atoms with E-state index in [1.807, 2.05) is 0 Å². The van der Waals surface area contributed by atoms with E-state index in [0.29, 0.717) is 11.7 Å². The van der Waals surface area contributed by atoms with Crippen molar-refractivity contribution >= 4 is 5.78 Å². The molecule has 0 aromatic heterocycles. The number of hydrogen-bond donors (Lipinski definition) is 0. The molecule has 1 aromatic carbocycles. The smallest absolute Gasteiger partial charge is 0.133 e. The van der Waals surface area contributed by atoms with Gasteiger partial charge in [0.2, 0.25) is 0 Å². The fraction of sp³-hybridized carbons (Fsp3) is 0.533. The Labute approximate surface area is 96.9 Å². The maximum Gasteiger partial charge on any atom is 0.133 e. The highest BCUT2D eigenvalue weighted by Gasteiger charge is 2.46. The average molecular weight is 214 g/mol. The first-order chi connectivity index (χ1) is 7.72. The predicted octanol–water partition coefficient (Wildman–Crippen LogP) is 3.26. The van der Waals surface area contributed by atoms with Gasteiger partial charge in [0.1, 0.15) is 5.78 Å². The molecule has 1 heteroatoms. The van der Waals surface area contributed by atoms with Gasteiger partial charge in [-0.15, -0.1) is 0 Å². The second-order valence-corrected chi connectivity index (χ2v) is 5.49. The van der Waals surface area contributed by atoms with E-state index in [0.717, 1.165) is 25.7 Å². The number of Topliss-reactive ketones (excluding diaryl/α,β-unsaturated/α-hetero) is 1. The summed E-state index contributed by atoms with van der Waals surface area (Å²) in [7, 11) is 0. The molecule has 1 aromatic rings. The van der Waals surface area contributed by atoms with Crippen molar-refractivity contribution in [2.45, 2.75) is 44.4 Å². The zero-order chi connectivity index (χ0) is 11.2. The van der Waals surface area contributed by atoms with Crippen molar-refractivity contribution in [3.05, 3.63) is 35.4 Å². The summed E-state index contributed by atoms with van der Waals surface area (Å²) >= 11 is 0. The van der Waals surface area contributed by atoms with Crippen LogP contribution in [0.15, 0.2) is 24.3 Å². The molecule has 0 N–H and O–H groups in total. The molecule has 2 aliphatic carbocycles. The highest BCUT2D eigenvalue weighted by molar-refractivity contribution is 5.81. The van der Waals surface area contributed by atoms with Gasteiger partial charge in [-0.3, -0.25) is 4.79 Å². The Morgan fingerprint density at radius 1 is 1.31 bits per heavy atom. The summed E-state index contributed by atoms with van der Waals surface area (Å²) in [5.41, 5.74) is 3.13. The molecule has 0 saturated heterocycles. The van der Waals surface area contributed by atoms with Crippen LogP contribution in [0.25, 0.3) is 0 Å². The number of rotatable bonds is 0. The molecule has 3 rings (SSSR count). The van der Waals surface area contributed by atoms with Crippen molar-refractivity contribution in [2.24, 2.45) is 5.92 Å². The summed E-state index contributed by atoms with van der Waals surface area (Å²) in [5, 5.41) is 0. The molecule has 1 spiro atoms. The minimum atomic E-state index is 0.186. The fourth-order valence-corrected chi connectivity index (χ4v) is 3.75. The fourth-order valence-electron chi connectivity index (χ4n) is 3.75. The standard InChI is InChI=1S/C15H18O/c1-11-9-12-5-2-3-7-14(12)15(11)8-4-6-13(16)10-15/h2-3,5,7,11H,4,6,8-10H2,1H3. The second-order valence-electron chi connectivity index (χ2n) is 5.49. The Kier molecular flexibility index (Phi) is 2.17. The number of ketones is 1. The molecule has 1 fully saturated rings. The molecule has 2 aliphatic rings. The molecule has 0 radical (unpaired) electrons. The first kappa shape index (κ1) is 10.1. The van der Waals surface area contributed by atoms with Crippen molar-refractivity contribution in [1.82, 2.24) is 0 Å². The molecular formula is C15H18O. The van der Waals surface area contributed by atoms with E-state index in [2.05, 4.69) is 31.2 Å². The summed E-state index contributed by atoms with van der Waals surface area (Å²) in [5.74, 6) is 1.10. The third-order valence-electron chi connectivity index (χ3n) is 4.61. The van der Waals surface area contributed by atoms with Crippen LogP contribution < -0.4 is 0 Å². The van der Waals surface area contributed by atoms with Gasteiger partial charge in [0, 0.05) is 18.3 Å². The SMILES string of the molecule is CC1Cc2ccccc2C12CCCC(=O)C2. The van der Waals surface area contributed by atoms with Crippen LogP contribution in [0.2, 0.25) is 0 Å². The van der Waals surface area contributed by atoms with Crippen LogP contribution in [0.4, 0.5) is 0 Å². The molecule has 0 amide bonds. The Morgan fingerprint density at radius 2 is 2.12 bits per heavy atom. The Balaban J connectivity index is 2.09. The molecule has 16 heavy (non-hydrogen) atoms. The first-order valence-corrected chi connectivity index (χ1v) is 6.32. The van der Waals surface area contributed by atoms with Crippen LogP contribution in [0.3, 0.4) is 0 Å². The van der Waals surface area contributed by atoms with E-state index < -0.39 is 0 Å². The minimum absolute atomic E-state index is 0.186. The summed E-state index contributed by atoms with van der Waals surface area (Å²) in [4.78, 5) is 11.8. The largest absolute Gasteiger partial charge is 0.300 e. The Bertz CT molecular complexity index is 435. The zero-order valence-electron chi connectivity index (χ0n) is 9.83. The third-order valence-corrected chi connectivity index (χ3v) is 4.61. The molecule has 0 aliphatic heterocycles. The number of benzene rings is 1. The number of hydrogen-bond acceptors (Lipinski definition) is 1. The van der Waals surface area contributed by atoms with Gasteiger partial charge in [0.25, 0.3) is 0 Å². The van der Waals surface area contributed by atoms with Gasteiger partial charge in [-0.2, -0.15) is 0 Å². The van der Waals surface area contributed by atoms with Crippen LogP contribution in [0.1, 0.15) is 43.7 Å². The van der Waals surface area contributed by atoms with Crippen LogP contribution in [0.5, 0.6) is 0 Å². The Morgan fingerprint density at radius 3 is 2.94 bits per heavy atom. The number of carbonyl (C=O) groups excluding carboxylic acids is 1. The molecule has 0 bridgehead atoms. The van der Waals surface area contributed by atoms with Gasteiger partial charge < -0.3 is 0 Å². The van der Waals surface area contributed by atoms with Gasteiger partial charge in [-0.05, 0) is 36.3 Å². The van der Waals surface area contributed by atoms with Crippen molar-refractivity contribution in [3.63, 3.8) is 0 Å². The maximum atomic E-state index is 11.8. The van der Waals surface area contributed by atoms with Crippen molar-refractivity contribution in [3.8, 4) is 0 Å². The van der Waals surface area contributed by atoms with Gasteiger partial charge in [0.05, 0.1) is 0 Å². The summed E-state index contributed by atoms with van der Waals surface area (Å²) in [6, 6.07) is 8.73. The normalized spacial score (nSPS) is 33.1. The monoisotopic (exact) mass is 214 g/mol. The average Bonchev–Trinajstić information content (AvgIpc) is 2.53. The van der Waals surface area contributed by atoms with Crippen LogP contribution in [0, 0.1) is 5.92 Å². The number of fused-ring (bicyclic) bond motifs is 2.